The predicted molar refractivity (Wildman–Crippen MR) is 72.8 cm³/mol. The topological polar surface area (TPSA) is 50.5 Å². The van der Waals surface area contributed by atoms with Gasteiger partial charge in [0.05, 0.1) is 30.3 Å². The molecule has 0 aromatic heterocycles. The minimum Gasteiger partial charge on any atom is -0.397 e. The summed E-state index contributed by atoms with van der Waals surface area (Å²) in [6.45, 7) is 5.53. The summed E-state index contributed by atoms with van der Waals surface area (Å²) in [5, 5.41) is 3.29. The number of morpholine rings is 1. The summed E-state index contributed by atoms with van der Waals surface area (Å²) in [7, 11) is 1.96. The van der Waals surface area contributed by atoms with E-state index in [0.717, 1.165) is 49.8 Å². The average molecular weight is 235 g/mol. The maximum absolute atomic E-state index is 6.13. The van der Waals surface area contributed by atoms with Gasteiger partial charge in [-0.3, -0.25) is 0 Å². The monoisotopic (exact) mass is 235 g/mol. The second-order valence-corrected chi connectivity index (χ2v) is 4.24. The van der Waals surface area contributed by atoms with E-state index in [2.05, 4.69) is 23.2 Å². The molecule has 1 saturated heterocycles. The quantitative estimate of drug-likeness (QED) is 0.783. The number of nitrogens with two attached hydrogens (primary N) is 1. The summed E-state index contributed by atoms with van der Waals surface area (Å²) >= 11 is 0. The molecule has 1 aromatic rings. The van der Waals surface area contributed by atoms with E-state index in [0.29, 0.717) is 0 Å². The molecule has 0 unspecified atom stereocenters. The van der Waals surface area contributed by atoms with Gasteiger partial charge in [0.15, 0.2) is 0 Å². The van der Waals surface area contributed by atoms with Crippen molar-refractivity contribution in [2.75, 3.05) is 49.3 Å². The van der Waals surface area contributed by atoms with E-state index in [1.54, 1.807) is 0 Å². The van der Waals surface area contributed by atoms with Crippen LogP contribution in [0.25, 0.3) is 0 Å². The first kappa shape index (κ1) is 12.0. The van der Waals surface area contributed by atoms with Crippen molar-refractivity contribution in [2.24, 2.45) is 0 Å². The largest absolute Gasteiger partial charge is 0.397 e. The van der Waals surface area contributed by atoms with Gasteiger partial charge in [-0.15, -0.1) is 0 Å². The Labute approximate surface area is 103 Å². The number of benzene rings is 1. The number of nitrogens with zero attached hydrogens (tertiary/aromatic N) is 1. The van der Waals surface area contributed by atoms with Crippen LogP contribution in [-0.2, 0) is 11.2 Å². The van der Waals surface area contributed by atoms with Crippen molar-refractivity contribution in [3.8, 4) is 0 Å². The summed E-state index contributed by atoms with van der Waals surface area (Å²) in [6.07, 6.45) is 1.01. The number of hydrogen-bond acceptors (Lipinski definition) is 4. The second-order valence-electron chi connectivity index (χ2n) is 4.24. The van der Waals surface area contributed by atoms with Gasteiger partial charge in [0.2, 0.25) is 0 Å². The van der Waals surface area contributed by atoms with Crippen molar-refractivity contribution < 1.29 is 4.74 Å². The van der Waals surface area contributed by atoms with Gasteiger partial charge in [-0.1, -0.05) is 13.0 Å². The number of anilines is 3. The Morgan fingerprint density at radius 3 is 2.65 bits per heavy atom. The van der Waals surface area contributed by atoms with Crippen LogP contribution in [0.15, 0.2) is 12.1 Å². The van der Waals surface area contributed by atoms with E-state index < -0.39 is 0 Å². The molecule has 3 N–H and O–H groups in total. The van der Waals surface area contributed by atoms with Crippen molar-refractivity contribution in [2.45, 2.75) is 13.3 Å². The summed E-state index contributed by atoms with van der Waals surface area (Å²) < 4.78 is 5.39. The highest BCUT2D eigenvalue weighted by Crippen LogP contribution is 2.35. The number of hydrogen-bond donors (Lipinski definition) is 2. The Morgan fingerprint density at radius 2 is 2.06 bits per heavy atom. The molecule has 0 atom stereocenters. The van der Waals surface area contributed by atoms with Crippen molar-refractivity contribution in [3.05, 3.63) is 17.7 Å². The van der Waals surface area contributed by atoms with Crippen molar-refractivity contribution >= 4 is 17.1 Å². The van der Waals surface area contributed by atoms with E-state index in [-0.39, 0.29) is 0 Å². The van der Waals surface area contributed by atoms with Crippen LogP contribution < -0.4 is 16.0 Å². The lowest BCUT2D eigenvalue weighted by atomic mass is 10.1. The molecule has 0 aliphatic carbocycles. The Hall–Kier alpha value is -1.42. The second kappa shape index (κ2) is 5.27. The molecule has 0 saturated carbocycles. The van der Waals surface area contributed by atoms with Gasteiger partial charge in [-0.2, -0.15) is 0 Å². The van der Waals surface area contributed by atoms with Gasteiger partial charge in [-0.05, 0) is 18.1 Å². The van der Waals surface area contributed by atoms with Gasteiger partial charge >= 0.3 is 0 Å². The molecule has 1 aliphatic heterocycles. The smallest absolute Gasteiger partial charge is 0.0839 e. The van der Waals surface area contributed by atoms with Gasteiger partial charge in [0.25, 0.3) is 0 Å². The van der Waals surface area contributed by atoms with Gasteiger partial charge in [0, 0.05) is 20.1 Å². The van der Waals surface area contributed by atoms with Crippen LogP contribution >= 0.6 is 0 Å². The van der Waals surface area contributed by atoms with Crippen molar-refractivity contribution in [1.82, 2.24) is 0 Å². The Bertz CT molecular complexity index is 386. The molecule has 94 valence electrons. The number of nitrogen functional groups attached to an aromatic ring is 1. The number of rotatable bonds is 3. The normalized spacial score (nSPS) is 16.0. The molecule has 4 heteroatoms. The third kappa shape index (κ3) is 2.31. The zero-order valence-corrected chi connectivity index (χ0v) is 10.6. The minimum atomic E-state index is 0.777. The fraction of sp³-hybridized carbons (Fsp3) is 0.538. The minimum absolute atomic E-state index is 0.777. The van der Waals surface area contributed by atoms with Crippen LogP contribution in [0.5, 0.6) is 0 Å². The molecule has 17 heavy (non-hydrogen) atoms. The van der Waals surface area contributed by atoms with Gasteiger partial charge in [0.1, 0.15) is 0 Å². The molecule has 1 aromatic carbocycles. The van der Waals surface area contributed by atoms with Crippen LogP contribution in [0.3, 0.4) is 0 Å². The molecule has 1 heterocycles. The lowest BCUT2D eigenvalue weighted by molar-refractivity contribution is 0.123. The van der Waals surface area contributed by atoms with Crippen LogP contribution in [0.2, 0.25) is 0 Å². The zero-order valence-electron chi connectivity index (χ0n) is 10.6. The summed E-state index contributed by atoms with van der Waals surface area (Å²) in [5.74, 6) is 0. The molecule has 0 bridgehead atoms. The standard InChI is InChI=1S/C13H21N3O/c1-3-10-4-5-11(14)13(12(10)15-2)16-6-8-17-9-7-16/h4-5,15H,3,6-9,14H2,1-2H3. The first-order chi connectivity index (χ1) is 8.27. The molecule has 4 nitrogen and oxygen atoms in total. The first-order valence-corrected chi connectivity index (χ1v) is 6.19. The maximum Gasteiger partial charge on any atom is 0.0839 e. The fourth-order valence-electron chi connectivity index (χ4n) is 2.35. The van der Waals surface area contributed by atoms with E-state index in [9.17, 15) is 0 Å². The molecule has 1 fully saturated rings. The van der Waals surface area contributed by atoms with Crippen molar-refractivity contribution in [1.29, 1.82) is 0 Å². The van der Waals surface area contributed by atoms with Crippen molar-refractivity contribution in [3.63, 3.8) is 0 Å². The highest BCUT2D eigenvalue weighted by molar-refractivity contribution is 5.84. The number of nitrogens with one attached hydrogen (secondary N) is 1. The Balaban J connectivity index is 2.41. The van der Waals surface area contributed by atoms with Gasteiger partial charge < -0.3 is 20.7 Å². The SMILES string of the molecule is CCc1ccc(N)c(N2CCOCC2)c1NC. The van der Waals surface area contributed by atoms with Crippen LogP contribution in [0.1, 0.15) is 12.5 Å². The van der Waals surface area contributed by atoms with Crippen LogP contribution in [0, 0.1) is 0 Å². The average Bonchev–Trinajstić information content (AvgIpc) is 2.39. The fourth-order valence-corrected chi connectivity index (χ4v) is 2.35. The van der Waals surface area contributed by atoms with Gasteiger partial charge in [-0.25, -0.2) is 0 Å². The molecule has 0 amide bonds. The molecular weight excluding hydrogens is 214 g/mol. The Kier molecular flexibility index (Phi) is 3.74. The van der Waals surface area contributed by atoms with E-state index in [1.807, 2.05) is 13.1 Å². The Morgan fingerprint density at radius 1 is 1.35 bits per heavy atom. The first-order valence-electron chi connectivity index (χ1n) is 6.19. The zero-order chi connectivity index (χ0) is 12.3. The van der Waals surface area contributed by atoms with E-state index >= 15 is 0 Å². The summed E-state index contributed by atoms with van der Waals surface area (Å²) in [4.78, 5) is 2.31. The van der Waals surface area contributed by atoms with E-state index in [1.165, 1.54) is 5.56 Å². The molecule has 2 rings (SSSR count). The molecule has 0 radical (unpaired) electrons. The lowest BCUT2D eigenvalue weighted by Gasteiger charge is -2.32. The summed E-state index contributed by atoms with van der Waals surface area (Å²) in [5.41, 5.74) is 10.6. The highest BCUT2D eigenvalue weighted by Gasteiger charge is 2.18. The lowest BCUT2D eigenvalue weighted by Crippen LogP contribution is -2.37. The number of ether oxygens (including phenoxy) is 1. The van der Waals surface area contributed by atoms with Crippen LogP contribution in [-0.4, -0.2) is 33.4 Å². The molecular formula is C13H21N3O. The third-order valence-corrected chi connectivity index (χ3v) is 3.25. The highest BCUT2D eigenvalue weighted by atomic mass is 16.5. The van der Waals surface area contributed by atoms with E-state index in [4.69, 9.17) is 10.5 Å². The third-order valence-electron chi connectivity index (χ3n) is 3.25. The molecule has 1 aliphatic rings. The molecule has 0 spiro atoms. The number of aryl methyl sites for hydroxylation is 1. The maximum atomic E-state index is 6.13. The summed E-state index contributed by atoms with van der Waals surface area (Å²) in [6, 6.07) is 4.11. The van der Waals surface area contributed by atoms with Crippen LogP contribution in [0.4, 0.5) is 17.1 Å². The predicted octanol–water partition coefficient (Wildman–Crippen LogP) is 1.71.